The third kappa shape index (κ3) is 4.61. The van der Waals surface area contributed by atoms with E-state index in [0.717, 1.165) is 30.9 Å². The van der Waals surface area contributed by atoms with Gasteiger partial charge < -0.3 is 5.32 Å². The number of carbonyl (C=O) groups is 1. The summed E-state index contributed by atoms with van der Waals surface area (Å²) in [5, 5.41) is 7.72. The summed E-state index contributed by atoms with van der Waals surface area (Å²) in [6.07, 6.45) is 2.01. The minimum absolute atomic E-state index is 0.278. The molecular weight excluding hydrogens is 226 g/mol. The summed E-state index contributed by atoms with van der Waals surface area (Å²) >= 11 is 0. The molecule has 0 aliphatic heterocycles. The lowest BCUT2D eigenvalue weighted by molar-refractivity contribution is -0.118. The average molecular weight is 251 g/mol. The molecule has 1 aromatic heterocycles. The van der Waals surface area contributed by atoms with E-state index in [1.807, 2.05) is 4.68 Å². The highest BCUT2D eigenvalue weighted by Gasteiger charge is 2.10. The van der Waals surface area contributed by atoms with Gasteiger partial charge in [0, 0.05) is 37.7 Å². The molecule has 0 bridgehead atoms. The van der Waals surface area contributed by atoms with Crippen LogP contribution in [0, 0.1) is 0 Å². The van der Waals surface area contributed by atoms with Crippen molar-refractivity contribution in [1.29, 1.82) is 0 Å². The van der Waals surface area contributed by atoms with Crippen LogP contribution in [-0.2, 0) is 24.2 Å². The summed E-state index contributed by atoms with van der Waals surface area (Å²) in [7, 11) is 0. The highest BCUT2D eigenvalue weighted by Crippen LogP contribution is 2.07. The molecule has 0 spiro atoms. The Bertz CT molecular complexity index is 382. The normalized spacial score (nSPS) is 11.2. The van der Waals surface area contributed by atoms with E-state index in [1.54, 1.807) is 0 Å². The molecule has 0 aliphatic rings. The third-order valence-electron chi connectivity index (χ3n) is 2.91. The number of Topliss-reactive ketones (excluding diaryl/α,β-unsaturated/α-hetero) is 1. The van der Waals surface area contributed by atoms with Gasteiger partial charge in [-0.2, -0.15) is 5.10 Å². The molecular formula is C14H25N3O. The van der Waals surface area contributed by atoms with Gasteiger partial charge >= 0.3 is 0 Å². The van der Waals surface area contributed by atoms with Gasteiger partial charge in [-0.25, -0.2) is 0 Å². The van der Waals surface area contributed by atoms with Crippen LogP contribution in [0.5, 0.6) is 0 Å². The number of hydrogen-bond acceptors (Lipinski definition) is 3. The summed E-state index contributed by atoms with van der Waals surface area (Å²) in [6, 6.07) is 2.49. The van der Waals surface area contributed by atoms with Crippen molar-refractivity contribution in [2.24, 2.45) is 0 Å². The van der Waals surface area contributed by atoms with Gasteiger partial charge in [0.1, 0.15) is 5.78 Å². The summed E-state index contributed by atoms with van der Waals surface area (Å²) in [5.74, 6) is 0.278. The predicted molar refractivity (Wildman–Crippen MR) is 73.7 cm³/mol. The van der Waals surface area contributed by atoms with Crippen molar-refractivity contribution in [3.8, 4) is 0 Å². The first-order valence-electron chi connectivity index (χ1n) is 6.87. The summed E-state index contributed by atoms with van der Waals surface area (Å²) in [4.78, 5) is 11.9. The molecule has 4 nitrogen and oxygen atoms in total. The first-order chi connectivity index (χ1) is 8.56. The Labute approximate surface area is 110 Å². The maximum atomic E-state index is 11.9. The van der Waals surface area contributed by atoms with Crippen LogP contribution in [0.25, 0.3) is 0 Å². The number of aryl methyl sites for hydroxylation is 2. The van der Waals surface area contributed by atoms with Gasteiger partial charge in [0.05, 0.1) is 5.69 Å². The highest BCUT2D eigenvalue weighted by atomic mass is 16.1. The largest absolute Gasteiger partial charge is 0.314 e. The number of nitrogens with zero attached hydrogens (tertiary/aromatic N) is 2. The Morgan fingerprint density at radius 1 is 1.44 bits per heavy atom. The van der Waals surface area contributed by atoms with E-state index in [4.69, 9.17) is 0 Å². The molecule has 1 rings (SSSR count). The van der Waals surface area contributed by atoms with E-state index >= 15 is 0 Å². The summed E-state index contributed by atoms with van der Waals surface area (Å²) < 4.78 is 1.94. The van der Waals surface area contributed by atoms with E-state index in [0.29, 0.717) is 18.9 Å². The topological polar surface area (TPSA) is 46.9 Å². The number of ketones is 1. The van der Waals surface area contributed by atoms with Crippen LogP contribution in [0.4, 0.5) is 0 Å². The second-order valence-corrected chi connectivity index (χ2v) is 4.87. The van der Waals surface area contributed by atoms with Gasteiger partial charge in [0.2, 0.25) is 0 Å². The van der Waals surface area contributed by atoms with E-state index < -0.39 is 0 Å². The van der Waals surface area contributed by atoms with Gasteiger partial charge in [-0.3, -0.25) is 9.48 Å². The molecule has 0 aliphatic carbocycles. The van der Waals surface area contributed by atoms with Crippen LogP contribution >= 0.6 is 0 Å². The van der Waals surface area contributed by atoms with Crippen LogP contribution < -0.4 is 5.32 Å². The Kier molecular flexibility index (Phi) is 6.05. The molecule has 0 aromatic carbocycles. The molecule has 0 amide bonds. The maximum absolute atomic E-state index is 11.9. The number of aromatic nitrogens is 2. The molecule has 1 N–H and O–H groups in total. The molecule has 0 saturated carbocycles. The van der Waals surface area contributed by atoms with E-state index in [-0.39, 0.29) is 5.78 Å². The van der Waals surface area contributed by atoms with Crippen LogP contribution in [0.15, 0.2) is 6.07 Å². The first-order valence-corrected chi connectivity index (χ1v) is 6.87. The molecule has 0 atom stereocenters. The Hall–Kier alpha value is -1.16. The van der Waals surface area contributed by atoms with E-state index in [1.165, 1.54) is 0 Å². The molecule has 102 valence electrons. The third-order valence-corrected chi connectivity index (χ3v) is 2.91. The van der Waals surface area contributed by atoms with Crippen molar-refractivity contribution in [3.63, 3.8) is 0 Å². The Balaban J connectivity index is 2.50. The van der Waals surface area contributed by atoms with Gasteiger partial charge in [-0.15, -0.1) is 0 Å². The lowest BCUT2D eigenvalue weighted by Gasteiger charge is -2.07. The van der Waals surface area contributed by atoms with Crippen molar-refractivity contribution in [2.45, 2.75) is 59.5 Å². The smallest absolute Gasteiger partial charge is 0.140 e. The minimum atomic E-state index is 0.278. The van der Waals surface area contributed by atoms with Crippen molar-refractivity contribution >= 4 is 5.78 Å². The molecule has 0 unspecified atom stereocenters. The zero-order valence-electron chi connectivity index (χ0n) is 12.0. The zero-order chi connectivity index (χ0) is 13.5. The van der Waals surface area contributed by atoms with E-state index in [2.05, 4.69) is 44.2 Å². The molecule has 0 fully saturated rings. The van der Waals surface area contributed by atoms with Crippen LogP contribution in [0.3, 0.4) is 0 Å². The first kappa shape index (κ1) is 14.9. The quantitative estimate of drug-likeness (QED) is 0.768. The van der Waals surface area contributed by atoms with Crippen molar-refractivity contribution in [1.82, 2.24) is 15.1 Å². The van der Waals surface area contributed by atoms with Crippen LogP contribution in [-0.4, -0.2) is 28.2 Å². The molecule has 0 radical (unpaired) electrons. The lowest BCUT2D eigenvalue weighted by Crippen LogP contribution is -2.26. The van der Waals surface area contributed by atoms with Crippen molar-refractivity contribution in [2.75, 3.05) is 6.54 Å². The number of carbonyl (C=O) groups excluding carboxylic acids is 1. The van der Waals surface area contributed by atoms with Gasteiger partial charge in [0.25, 0.3) is 0 Å². The molecule has 0 saturated heterocycles. The van der Waals surface area contributed by atoms with Crippen molar-refractivity contribution in [3.05, 3.63) is 17.5 Å². The SMILES string of the molecule is CCc1cc(CC(=O)CCNC(C)C)n(CC)n1. The van der Waals surface area contributed by atoms with Gasteiger partial charge in [0.15, 0.2) is 0 Å². The van der Waals surface area contributed by atoms with E-state index in [9.17, 15) is 4.79 Å². The van der Waals surface area contributed by atoms with Crippen LogP contribution in [0.1, 0.15) is 45.5 Å². The molecule has 1 heterocycles. The summed E-state index contributed by atoms with van der Waals surface area (Å²) in [5.41, 5.74) is 2.11. The Morgan fingerprint density at radius 3 is 2.72 bits per heavy atom. The molecule has 4 heteroatoms. The fraction of sp³-hybridized carbons (Fsp3) is 0.714. The molecule has 1 aromatic rings. The average Bonchev–Trinajstić information content (AvgIpc) is 2.70. The maximum Gasteiger partial charge on any atom is 0.140 e. The lowest BCUT2D eigenvalue weighted by atomic mass is 10.1. The monoisotopic (exact) mass is 251 g/mol. The fourth-order valence-corrected chi connectivity index (χ4v) is 1.89. The number of rotatable bonds is 8. The van der Waals surface area contributed by atoms with Crippen molar-refractivity contribution < 1.29 is 4.79 Å². The standard InChI is InChI=1S/C14H25N3O/c1-5-12-9-13(17(6-2)16-12)10-14(18)7-8-15-11(3)4/h9,11,15H,5-8,10H2,1-4H3. The zero-order valence-corrected chi connectivity index (χ0v) is 12.0. The number of nitrogens with one attached hydrogen (secondary N) is 1. The summed E-state index contributed by atoms with van der Waals surface area (Å²) in [6.45, 7) is 9.90. The Morgan fingerprint density at radius 2 is 2.17 bits per heavy atom. The number of hydrogen-bond donors (Lipinski definition) is 1. The fourth-order valence-electron chi connectivity index (χ4n) is 1.89. The predicted octanol–water partition coefficient (Wildman–Crippen LogP) is 1.97. The second kappa shape index (κ2) is 7.31. The minimum Gasteiger partial charge on any atom is -0.314 e. The second-order valence-electron chi connectivity index (χ2n) is 4.87. The molecule has 18 heavy (non-hydrogen) atoms. The van der Waals surface area contributed by atoms with Gasteiger partial charge in [-0.05, 0) is 19.4 Å². The van der Waals surface area contributed by atoms with Crippen LogP contribution in [0.2, 0.25) is 0 Å². The van der Waals surface area contributed by atoms with Gasteiger partial charge in [-0.1, -0.05) is 20.8 Å². The highest BCUT2D eigenvalue weighted by molar-refractivity contribution is 5.80.